The molecule has 0 aliphatic rings. The molecule has 0 saturated heterocycles. The van der Waals surface area contributed by atoms with Crippen LogP contribution in [0.3, 0.4) is 0 Å². The van der Waals surface area contributed by atoms with Crippen molar-refractivity contribution in [2.24, 2.45) is 0 Å². The van der Waals surface area contributed by atoms with Gasteiger partial charge in [-0.2, -0.15) is 0 Å². The number of fused-ring (bicyclic) bond motifs is 1. The first-order valence-electron chi connectivity index (χ1n) is 9.24. The van der Waals surface area contributed by atoms with E-state index >= 15 is 0 Å². The molecule has 152 valence electrons. The van der Waals surface area contributed by atoms with E-state index in [1.54, 1.807) is 30.2 Å². The smallest absolute Gasteiger partial charge is 0.244 e. The molecular formula is C22H18BrFN4OS. The molecule has 0 radical (unpaired) electrons. The molecule has 2 aromatic carbocycles. The number of hydrogen-bond donors (Lipinski definition) is 1. The van der Waals surface area contributed by atoms with Crippen LogP contribution in [0.25, 0.3) is 11.0 Å². The molecule has 1 amide bonds. The first-order valence-corrected chi connectivity index (χ1v) is 11.0. The second-order valence-electron chi connectivity index (χ2n) is 6.73. The third-order valence-corrected chi connectivity index (χ3v) is 6.16. The lowest BCUT2D eigenvalue weighted by Crippen LogP contribution is -2.20. The van der Waals surface area contributed by atoms with Gasteiger partial charge in [0.2, 0.25) is 5.91 Å². The van der Waals surface area contributed by atoms with Gasteiger partial charge in [0.25, 0.3) is 0 Å². The molecule has 4 aromatic rings. The van der Waals surface area contributed by atoms with Crippen LogP contribution in [0, 0.1) is 12.7 Å². The van der Waals surface area contributed by atoms with E-state index in [1.165, 1.54) is 23.3 Å². The van der Waals surface area contributed by atoms with Crippen LogP contribution in [0.4, 0.5) is 10.1 Å². The van der Waals surface area contributed by atoms with Gasteiger partial charge in [-0.15, -0.1) is 0 Å². The van der Waals surface area contributed by atoms with E-state index in [0.717, 1.165) is 16.8 Å². The third-order valence-electron chi connectivity index (χ3n) is 4.64. The Morgan fingerprint density at radius 1 is 1.23 bits per heavy atom. The maximum atomic E-state index is 14.1. The van der Waals surface area contributed by atoms with Crippen molar-refractivity contribution in [2.75, 3.05) is 5.32 Å². The van der Waals surface area contributed by atoms with E-state index < -0.39 is 5.82 Å². The highest BCUT2D eigenvalue weighted by molar-refractivity contribution is 9.10. The zero-order chi connectivity index (χ0) is 21.1. The number of imidazole rings is 1. The van der Waals surface area contributed by atoms with Crippen LogP contribution in [0.1, 0.15) is 11.1 Å². The summed E-state index contributed by atoms with van der Waals surface area (Å²) in [6.07, 6.45) is 3.36. The van der Waals surface area contributed by atoms with Gasteiger partial charge >= 0.3 is 0 Å². The monoisotopic (exact) mass is 484 g/mol. The minimum atomic E-state index is -0.496. The number of pyridine rings is 1. The van der Waals surface area contributed by atoms with Gasteiger partial charge in [-0.05, 0) is 42.3 Å². The number of benzene rings is 2. The highest BCUT2D eigenvalue weighted by Gasteiger charge is 2.16. The van der Waals surface area contributed by atoms with Gasteiger partial charge < -0.3 is 9.88 Å². The summed E-state index contributed by atoms with van der Waals surface area (Å²) in [7, 11) is 0. The van der Waals surface area contributed by atoms with E-state index in [-0.39, 0.29) is 18.1 Å². The fourth-order valence-electron chi connectivity index (χ4n) is 3.05. The second kappa shape index (κ2) is 8.97. The number of halogens is 2. The minimum absolute atomic E-state index is 0.00774. The third kappa shape index (κ3) is 4.55. The Morgan fingerprint density at radius 2 is 2.07 bits per heavy atom. The maximum absolute atomic E-state index is 14.1. The van der Waals surface area contributed by atoms with E-state index in [4.69, 9.17) is 0 Å². The maximum Gasteiger partial charge on any atom is 0.244 e. The molecule has 2 aromatic heterocycles. The molecule has 0 aliphatic heterocycles. The molecule has 4 rings (SSSR count). The summed E-state index contributed by atoms with van der Waals surface area (Å²) in [6.45, 7) is 2.08. The highest BCUT2D eigenvalue weighted by atomic mass is 79.9. The van der Waals surface area contributed by atoms with Crippen LogP contribution in [0.5, 0.6) is 0 Å². The highest BCUT2D eigenvalue weighted by Crippen LogP contribution is 2.28. The SMILES string of the molecule is Cc1ccccc1CSc1nc2ccncc2n1CC(=O)Nc1ccc(Br)cc1F. The summed E-state index contributed by atoms with van der Waals surface area (Å²) in [5.41, 5.74) is 4.08. The number of aromatic nitrogens is 3. The molecule has 0 atom stereocenters. The van der Waals surface area contributed by atoms with Gasteiger partial charge in [-0.25, -0.2) is 9.37 Å². The first-order chi connectivity index (χ1) is 14.5. The van der Waals surface area contributed by atoms with E-state index in [9.17, 15) is 9.18 Å². The lowest BCUT2D eigenvalue weighted by atomic mass is 10.1. The molecular weight excluding hydrogens is 467 g/mol. The van der Waals surface area contributed by atoms with Crippen molar-refractivity contribution in [1.29, 1.82) is 0 Å². The molecule has 5 nitrogen and oxygen atoms in total. The number of hydrogen-bond acceptors (Lipinski definition) is 4. The van der Waals surface area contributed by atoms with Crippen molar-refractivity contribution >= 4 is 50.3 Å². The second-order valence-corrected chi connectivity index (χ2v) is 8.59. The topological polar surface area (TPSA) is 59.8 Å². The van der Waals surface area contributed by atoms with Crippen molar-refractivity contribution in [2.45, 2.75) is 24.4 Å². The Bertz CT molecular complexity index is 1230. The summed E-state index contributed by atoms with van der Waals surface area (Å²) in [4.78, 5) is 21.5. The molecule has 8 heteroatoms. The van der Waals surface area contributed by atoms with Crippen molar-refractivity contribution in [1.82, 2.24) is 14.5 Å². The number of amides is 1. The number of nitrogens with one attached hydrogen (secondary N) is 1. The summed E-state index contributed by atoms with van der Waals surface area (Å²) in [5.74, 6) is -0.104. The molecule has 0 fully saturated rings. The summed E-state index contributed by atoms with van der Waals surface area (Å²) in [6, 6.07) is 14.5. The molecule has 0 aliphatic carbocycles. The van der Waals surface area contributed by atoms with Crippen molar-refractivity contribution < 1.29 is 9.18 Å². The number of nitrogens with zero attached hydrogens (tertiary/aromatic N) is 3. The van der Waals surface area contributed by atoms with Crippen molar-refractivity contribution in [3.05, 3.63) is 82.3 Å². The molecule has 30 heavy (non-hydrogen) atoms. The summed E-state index contributed by atoms with van der Waals surface area (Å²) in [5, 5.41) is 3.35. The Morgan fingerprint density at radius 3 is 2.87 bits per heavy atom. The van der Waals surface area contributed by atoms with Crippen LogP contribution >= 0.6 is 27.7 Å². The number of carbonyl (C=O) groups is 1. The van der Waals surface area contributed by atoms with Crippen LogP contribution in [0.2, 0.25) is 0 Å². The van der Waals surface area contributed by atoms with Crippen LogP contribution in [0.15, 0.2) is 70.6 Å². The minimum Gasteiger partial charge on any atom is -0.322 e. The molecule has 1 N–H and O–H groups in total. The number of carbonyl (C=O) groups excluding carboxylic acids is 1. The van der Waals surface area contributed by atoms with E-state index in [2.05, 4.69) is 50.3 Å². The van der Waals surface area contributed by atoms with Crippen molar-refractivity contribution in [3.63, 3.8) is 0 Å². The largest absolute Gasteiger partial charge is 0.322 e. The number of aryl methyl sites for hydroxylation is 1. The number of rotatable bonds is 6. The van der Waals surface area contributed by atoms with Gasteiger partial charge in [0, 0.05) is 16.4 Å². The normalized spacial score (nSPS) is 11.0. The van der Waals surface area contributed by atoms with Gasteiger partial charge in [-0.3, -0.25) is 9.78 Å². The summed E-state index contributed by atoms with van der Waals surface area (Å²) >= 11 is 4.77. The fraction of sp³-hybridized carbons (Fsp3) is 0.136. The van der Waals surface area contributed by atoms with Gasteiger partial charge in [0.05, 0.1) is 22.9 Å². The fourth-order valence-corrected chi connectivity index (χ4v) is 4.47. The van der Waals surface area contributed by atoms with E-state index in [0.29, 0.717) is 9.63 Å². The van der Waals surface area contributed by atoms with E-state index in [1.807, 2.05) is 22.8 Å². The van der Waals surface area contributed by atoms with Crippen LogP contribution in [-0.4, -0.2) is 20.4 Å². The molecule has 2 heterocycles. The Kier molecular flexibility index (Phi) is 6.15. The Hall–Kier alpha value is -2.71. The Balaban J connectivity index is 1.58. The quantitative estimate of drug-likeness (QED) is 0.363. The average Bonchev–Trinajstić information content (AvgIpc) is 3.07. The Labute approximate surface area is 185 Å². The molecule has 0 bridgehead atoms. The predicted molar refractivity (Wildman–Crippen MR) is 121 cm³/mol. The standard InChI is InChI=1S/C22H18BrFN4OS/c1-14-4-2-3-5-15(14)13-30-22-27-19-8-9-25-11-20(19)28(22)12-21(29)26-18-7-6-16(23)10-17(18)24/h2-11H,12-13H2,1H3,(H,26,29). The van der Waals surface area contributed by atoms with Gasteiger partial charge in [0.15, 0.2) is 5.16 Å². The molecule has 0 spiro atoms. The number of anilines is 1. The lowest BCUT2D eigenvalue weighted by molar-refractivity contribution is -0.116. The van der Waals surface area contributed by atoms with Gasteiger partial charge in [0.1, 0.15) is 12.4 Å². The molecule has 0 saturated carbocycles. The molecule has 0 unspecified atom stereocenters. The van der Waals surface area contributed by atoms with Gasteiger partial charge in [-0.1, -0.05) is 52.0 Å². The number of thioether (sulfide) groups is 1. The average molecular weight is 485 g/mol. The predicted octanol–water partition coefficient (Wildman–Crippen LogP) is 5.57. The first kappa shape index (κ1) is 20.6. The van der Waals surface area contributed by atoms with Crippen molar-refractivity contribution in [3.8, 4) is 0 Å². The van der Waals surface area contributed by atoms with Crippen LogP contribution < -0.4 is 5.32 Å². The zero-order valence-corrected chi connectivity index (χ0v) is 18.5. The lowest BCUT2D eigenvalue weighted by Gasteiger charge is -2.11. The zero-order valence-electron chi connectivity index (χ0n) is 16.1. The summed E-state index contributed by atoms with van der Waals surface area (Å²) < 4.78 is 16.5. The van der Waals surface area contributed by atoms with Crippen LogP contribution in [-0.2, 0) is 17.1 Å².